The molecule has 0 bridgehead atoms. The summed E-state index contributed by atoms with van der Waals surface area (Å²) < 4.78 is 0. The van der Waals surface area contributed by atoms with E-state index in [1.807, 2.05) is 6.07 Å². The monoisotopic (exact) mass is 211 g/mol. The molecule has 0 spiro atoms. The summed E-state index contributed by atoms with van der Waals surface area (Å²) in [6, 6.07) is 3.60. The smallest absolute Gasteiger partial charge is 0.151 e. The molecule has 1 fully saturated rings. The van der Waals surface area contributed by atoms with Gasteiger partial charge in [0.15, 0.2) is 5.15 Å². The van der Waals surface area contributed by atoms with Crippen LogP contribution >= 0.6 is 11.6 Å². The van der Waals surface area contributed by atoms with E-state index in [9.17, 15) is 0 Å². The molecular formula is C10H14ClN3. The molecule has 1 aromatic heterocycles. The average molecular weight is 212 g/mol. The molecule has 0 radical (unpaired) electrons. The van der Waals surface area contributed by atoms with Gasteiger partial charge in [0.25, 0.3) is 0 Å². The standard InChI is InChI=1S/C10H14ClN3/c11-9-5-6-10(14-13-9)12-7-1-2-8-3-4-8/h5-6,8H,1-4,7H2,(H,12,14). The third kappa shape index (κ3) is 3.14. The minimum absolute atomic E-state index is 0.438. The summed E-state index contributed by atoms with van der Waals surface area (Å²) in [6.45, 7) is 0.979. The molecule has 76 valence electrons. The molecule has 1 N–H and O–H groups in total. The summed E-state index contributed by atoms with van der Waals surface area (Å²) in [4.78, 5) is 0. The molecule has 0 aromatic carbocycles. The van der Waals surface area contributed by atoms with Crippen LogP contribution in [0.15, 0.2) is 12.1 Å². The van der Waals surface area contributed by atoms with Crippen molar-refractivity contribution in [2.45, 2.75) is 25.7 Å². The van der Waals surface area contributed by atoms with E-state index in [0.717, 1.165) is 18.3 Å². The van der Waals surface area contributed by atoms with Crippen molar-refractivity contribution in [1.82, 2.24) is 10.2 Å². The molecule has 14 heavy (non-hydrogen) atoms. The Morgan fingerprint density at radius 1 is 1.36 bits per heavy atom. The Kier molecular flexibility index (Phi) is 3.19. The fourth-order valence-corrected chi connectivity index (χ4v) is 1.52. The molecule has 1 aliphatic carbocycles. The van der Waals surface area contributed by atoms with E-state index in [1.54, 1.807) is 6.07 Å². The number of nitrogens with zero attached hydrogens (tertiary/aromatic N) is 2. The molecule has 2 rings (SSSR count). The molecule has 0 aliphatic heterocycles. The predicted octanol–water partition coefficient (Wildman–Crippen LogP) is 2.73. The van der Waals surface area contributed by atoms with Crippen molar-refractivity contribution in [3.63, 3.8) is 0 Å². The topological polar surface area (TPSA) is 37.8 Å². The molecule has 0 amide bonds. The van der Waals surface area contributed by atoms with E-state index < -0.39 is 0 Å². The van der Waals surface area contributed by atoms with Crippen LogP contribution in [0.1, 0.15) is 25.7 Å². The van der Waals surface area contributed by atoms with Gasteiger partial charge < -0.3 is 5.32 Å². The van der Waals surface area contributed by atoms with Crippen LogP contribution in [-0.4, -0.2) is 16.7 Å². The maximum absolute atomic E-state index is 5.62. The molecular weight excluding hydrogens is 198 g/mol. The minimum Gasteiger partial charge on any atom is -0.369 e. The van der Waals surface area contributed by atoms with Gasteiger partial charge in [-0.15, -0.1) is 10.2 Å². The molecule has 0 atom stereocenters. The third-order valence-corrected chi connectivity index (χ3v) is 2.63. The number of hydrogen-bond donors (Lipinski definition) is 1. The summed E-state index contributed by atoms with van der Waals surface area (Å²) >= 11 is 5.62. The fourth-order valence-electron chi connectivity index (χ4n) is 1.42. The highest BCUT2D eigenvalue weighted by molar-refractivity contribution is 6.29. The third-order valence-electron chi connectivity index (χ3n) is 2.42. The zero-order valence-electron chi connectivity index (χ0n) is 8.04. The van der Waals surface area contributed by atoms with E-state index in [2.05, 4.69) is 15.5 Å². The number of hydrogen-bond acceptors (Lipinski definition) is 3. The van der Waals surface area contributed by atoms with Crippen LogP contribution in [0.2, 0.25) is 5.15 Å². The van der Waals surface area contributed by atoms with Gasteiger partial charge in [-0.25, -0.2) is 0 Å². The van der Waals surface area contributed by atoms with Crippen LogP contribution in [0.3, 0.4) is 0 Å². The highest BCUT2D eigenvalue weighted by atomic mass is 35.5. The Morgan fingerprint density at radius 3 is 2.86 bits per heavy atom. The van der Waals surface area contributed by atoms with E-state index >= 15 is 0 Å². The number of rotatable bonds is 5. The molecule has 3 nitrogen and oxygen atoms in total. The van der Waals surface area contributed by atoms with Crippen LogP contribution in [0.5, 0.6) is 0 Å². The molecule has 1 heterocycles. The van der Waals surface area contributed by atoms with Gasteiger partial charge >= 0.3 is 0 Å². The van der Waals surface area contributed by atoms with Crippen molar-refractivity contribution in [1.29, 1.82) is 0 Å². The van der Waals surface area contributed by atoms with Gasteiger partial charge in [-0.05, 0) is 30.9 Å². The van der Waals surface area contributed by atoms with E-state index in [-0.39, 0.29) is 0 Å². The zero-order chi connectivity index (χ0) is 9.80. The Balaban J connectivity index is 1.66. The lowest BCUT2D eigenvalue weighted by Crippen LogP contribution is -2.04. The number of anilines is 1. The predicted molar refractivity (Wildman–Crippen MR) is 57.5 cm³/mol. The first-order chi connectivity index (χ1) is 6.84. The lowest BCUT2D eigenvalue weighted by atomic mass is 10.2. The highest BCUT2D eigenvalue weighted by Gasteiger charge is 2.19. The Morgan fingerprint density at radius 2 is 2.21 bits per heavy atom. The molecule has 1 aromatic rings. The number of aromatic nitrogens is 2. The fraction of sp³-hybridized carbons (Fsp3) is 0.600. The Bertz CT molecular complexity index is 282. The second-order valence-electron chi connectivity index (χ2n) is 3.75. The lowest BCUT2D eigenvalue weighted by molar-refractivity contribution is 0.686. The molecule has 1 saturated carbocycles. The molecule has 4 heteroatoms. The van der Waals surface area contributed by atoms with Gasteiger partial charge in [0.1, 0.15) is 5.82 Å². The zero-order valence-corrected chi connectivity index (χ0v) is 8.80. The normalized spacial score (nSPS) is 15.5. The van der Waals surface area contributed by atoms with Crippen molar-refractivity contribution in [3.05, 3.63) is 17.3 Å². The summed E-state index contributed by atoms with van der Waals surface area (Å²) in [6.07, 6.45) is 5.42. The quantitative estimate of drug-likeness (QED) is 0.762. The van der Waals surface area contributed by atoms with Crippen molar-refractivity contribution in [3.8, 4) is 0 Å². The van der Waals surface area contributed by atoms with Gasteiger partial charge in [0, 0.05) is 6.54 Å². The second kappa shape index (κ2) is 4.60. The molecule has 1 aliphatic rings. The summed E-state index contributed by atoms with van der Waals surface area (Å²) in [5, 5.41) is 11.3. The minimum atomic E-state index is 0.438. The summed E-state index contributed by atoms with van der Waals surface area (Å²) in [5.74, 6) is 1.82. The first kappa shape index (κ1) is 9.71. The molecule has 0 saturated heterocycles. The molecule has 0 unspecified atom stereocenters. The summed E-state index contributed by atoms with van der Waals surface area (Å²) in [5.41, 5.74) is 0. The Labute approximate surface area is 88.9 Å². The van der Waals surface area contributed by atoms with Gasteiger partial charge in [-0.3, -0.25) is 0 Å². The van der Waals surface area contributed by atoms with Gasteiger partial charge in [-0.2, -0.15) is 0 Å². The van der Waals surface area contributed by atoms with E-state index in [4.69, 9.17) is 11.6 Å². The SMILES string of the molecule is Clc1ccc(NCCCC2CC2)nn1. The summed E-state index contributed by atoms with van der Waals surface area (Å²) in [7, 11) is 0. The van der Waals surface area contributed by atoms with E-state index in [1.165, 1.54) is 25.7 Å². The van der Waals surface area contributed by atoms with Crippen molar-refractivity contribution < 1.29 is 0 Å². The van der Waals surface area contributed by atoms with Crippen molar-refractivity contribution in [2.24, 2.45) is 5.92 Å². The first-order valence-corrected chi connectivity index (χ1v) is 5.45. The largest absolute Gasteiger partial charge is 0.369 e. The van der Waals surface area contributed by atoms with Crippen LogP contribution in [0, 0.1) is 5.92 Å². The van der Waals surface area contributed by atoms with Crippen LogP contribution < -0.4 is 5.32 Å². The number of halogens is 1. The van der Waals surface area contributed by atoms with E-state index in [0.29, 0.717) is 5.15 Å². The van der Waals surface area contributed by atoms with Crippen LogP contribution in [0.25, 0.3) is 0 Å². The average Bonchev–Trinajstić information content (AvgIpc) is 2.99. The van der Waals surface area contributed by atoms with Gasteiger partial charge in [0.2, 0.25) is 0 Å². The Hall–Kier alpha value is -0.830. The first-order valence-electron chi connectivity index (χ1n) is 5.08. The second-order valence-corrected chi connectivity index (χ2v) is 4.14. The van der Waals surface area contributed by atoms with Gasteiger partial charge in [-0.1, -0.05) is 24.4 Å². The van der Waals surface area contributed by atoms with Gasteiger partial charge in [0.05, 0.1) is 0 Å². The highest BCUT2D eigenvalue weighted by Crippen LogP contribution is 2.33. The van der Waals surface area contributed by atoms with Crippen molar-refractivity contribution in [2.75, 3.05) is 11.9 Å². The lowest BCUT2D eigenvalue weighted by Gasteiger charge is -2.03. The number of nitrogens with one attached hydrogen (secondary N) is 1. The maximum atomic E-state index is 5.62. The van der Waals surface area contributed by atoms with Crippen molar-refractivity contribution >= 4 is 17.4 Å². The van der Waals surface area contributed by atoms with Crippen LogP contribution in [0.4, 0.5) is 5.82 Å². The van der Waals surface area contributed by atoms with Crippen LogP contribution in [-0.2, 0) is 0 Å². The maximum Gasteiger partial charge on any atom is 0.151 e.